The molecule has 0 aromatic heterocycles. The molecule has 1 aromatic rings. The number of benzene rings is 1. The maximum Gasteiger partial charge on any atom is 0.137 e. The Balaban J connectivity index is 2.13. The molecule has 0 atom stereocenters. The van der Waals surface area contributed by atoms with Crippen LogP contribution in [0.2, 0.25) is 0 Å². The second kappa shape index (κ2) is 8.39. The summed E-state index contributed by atoms with van der Waals surface area (Å²) >= 11 is 3.12. The average Bonchev–Trinajstić information content (AvgIpc) is 2.32. The average molecular weight is 302 g/mol. The van der Waals surface area contributed by atoms with Crippen molar-refractivity contribution in [3.05, 3.63) is 46.7 Å². The van der Waals surface area contributed by atoms with Crippen molar-refractivity contribution in [1.29, 1.82) is 0 Å². The minimum Gasteiger partial charge on any atom is -0.380 e. The van der Waals surface area contributed by atoms with Crippen LogP contribution in [-0.4, -0.2) is 19.8 Å². The first-order chi connectivity index (χ1) is 8.24. The minimum absolute atomic E-state index is 0.230. The van der Waals surface area contributed by atoms with Crippen molar-refractivity contribution >= 4 is 15.9 Å². The Kier molecular flexibility index (Phi) is 7.08. The van der Waals surface area contributed by atoms with Crippen molar-refractivity contribution in [2.45, 2.75) is 13.0 Å². The molecule has 0 radical (unpaired) electrons. The Bertz CT molecular complexity index is 357. The summed E-state index contributed by atoms with van der Waals surface area (Å²) in [6.45, 7) is 6.39. The fourth-order valence-electron chi connectivity index (χ4n) is 1.30. The molecule has 0 saturated carbocycles. The van der Waals surface area contributed by atoms with Gasteiger partial charge in [-0.15, -0.1) is 6.58 Å². The third kappa shape index (κ3) is 5.96. The zero-order chi connectivity index (χ0) is 12.5. The van der Waals surface area contributed by atoms with Crippen molar-refractivity contribution in [1.82, 2.24) is 5.32 Å². The zero-order valence-corrected chi connectivity index (χ0v) is 11.3. The van der Waals surface area contributed by atoms with E-state index in [1.165, 1.54) is 6.07 Å². The predicted molar refractivity (Wildman–Crippen MR) is 71.4 cm³/mol. The molecule has 4 heteroatoms. The lowest BCUT2D eigenvalue weighted by molar-refractivity contribution is 0.140. The fraction of sp³-hybridized carbons (Fsp3) is 0.385. The van der Waals surface area contributed by atoms with Gasteiger partial charge >= 0.3 is 0 Å². The van der Waals surface area contributed by atoms with Crippen LogP contribution in [0.1, 0.15) is 12.0 Å². The van der Waals surface area contributed by atoms with Gasteiger partial charge in [0.1, 0.15) is 5.82 Å². The van der Waals surface area contributed by atoms with E-state index < -0.39 is 0 Å². The molecule has 94 valence electrons. The molecule has 0 fully saturated rings. The summed E-state index contributed by atoms with van der Waals surface area (Å²) < 4.78 is 19.0. The summed E-state index contributed by atoms with van der Waals surface area (Å²) in [7, 11) is 0. The molecule has 0 amide bonds. The van der Waals surface area contributed by atoms with Gasteiger partial charge in [0.15, 0.2) is 0 Å². The summed E-state index contributed by atoms with van der Waals surface area (Å²) in [5.74, 6) is -0.230. The van der Waals surface area contributed by atoms with Gasteiger partial charge in [0.05, 0.1) is 17.7 Å². The number of hydrogen-bond donors (Lipinski definition) is 1. The Hall–Kier alpha value is -0.710. The monoisotopic (exact) mass is 301 g/mol. The summed E-state index contributed by atoms with van der Waals surface area (Å²) in [4.78, 5) is 0. The van der Waals surface area contributed by atoms with E-state index in [1.807, 2.05) is 12.1 Å². The van der Waals surface area contributed by atoms with Crippen LogP contribution in [0, 0.1) is 5.82 Å². The number of hydrogen-bond acceptors (Lipinski definition) is 2. The molecule has 0 unspecified atom stereocenters. The maximum absolute atomic E-state index is 13.2. The highest BCUT2D eigenvalue weighted by molar-refractivity contribution is 9.10. The van der Waals surface area contributed by atoms with Crippen molar-refractivity contribution in [2.75, 3.05) is 19.8 Å². The Morgan fingerprint density at radius 2 is 2.24 bits per heavy atom. The highest BCUT2D eigenvalue weighted by atomic mass is 79.9. The lowest BCUT2D eigenvalue weighted by Gasteiger charge is -2.06. The quantitative estimate of drug-likeness (QED) is 0.588. The maximum atomic E-state index is 13.2. The van der Waals surface area contributed by atoms with Crippen LogP contribution in [0.5, 0.6) is 0 Å². The number of halogens is 2. The van der Waals surface area contributed by atoms with E-state index in [-0.39, 0.29) is 5.82 Å². The SMILES string of the molecule is C=CCCOCCNCc1ccc(Br)c(F)c1. The van der Waals surface area contributed by atoms with Crippen LogP contribution in [0.15, 0.2) is 35.3 Å². The molecule has 0 aliphatic carbocycles. The molecule has 0 aliphatic rings. The summed E-state index contributed by atoms with van der Waals surface area (Å²) in [6.07, 6.45) is 2.70. The molecule has 0 bridgehead atoms. The molecular weight excluding hydrogens is 285 g/mol. The van der Waals surface area contributed by atoms with Gasteiger partial charge in [0, 0.05) is 13.1 Å². The van der Waals surface area contributed by atoms with Gasteiger partial charge in [-0.3, -0.25) is 0 Å². The minimum atomic E-state index is -0.230. The van der Waals surface area contributed by atoms with Crippen molar-refractivity contribution < 1.29 is 9.13 Å². The summed E-state index contributed by atoms with van der Waals surface area (Å²) in [5, 5.41) is 3.19. The first-order valence-electron chi connectivity index (χ1n) is 5.57. The standard InChI is InChI=1S/C13H17BrFNO/c1-2-3-7-17-8-6-16-10-11-4-5-12(14)13(15)9-11/h2,4-5,9,16H,1,3,6-8,10H2. The fourth-order valence-corrected chi connectivity index (χ4v) is 1.54. The normalized spacial score (nSPS) is 10.5. The van der Waals surface area contributed by atoms with E-state index in [0.29, 0.717) is 24.2 Å². The van der Waals surface area contributed by atoms with Gasteiger partial charge in [-0.25, -0.2) is 4.39 Å². The molecule has 0 heterocycles. The molecule has 17 heavy (non-hydrogen) atoms. The van der Waals surface area contributed by atoms with Crippen LogP contribution in [0.25, 0.3) is 0 Å². The first-order valence-corrected chi connectivity index (χ1v) is 6.36. The second-order valence-electron chi connectivity index (χ2n) is 3.61. The van der Waals surface area contributed by atoms with Gasteiger partial charge in [-0.2, -0.15) is 0 Å². The van der Waals surface area contributed by atoms with Crippen molar-refractivity contribution in [3.8, 4) is 0 Å². The third-order valence-corrected chi connectivity index (χ3v) is 2.85. The molecular formula is C13H17BrFNO. The molecule has 1 rings (SSSR count). The van der Waals surface area contributed by atoms with Crippen LogP contribution in [0.3, 0.4) is 0 Å². The van der Waals surface area contributed by atoms with E-state index in [9.17, 15) is 4.39 Å². The number of nitrogens with one attached hydrogen (secondary N) is 1. The Morgan fingerprint density at radius 3 is 2.94 bits per heavy atom. The van der Waals surface area contributed by atoms with Gasteiger partial charge in [0.25, 0.3) is 0 Å². The van der Waals surface area contributed by atoms with Crippen LogP contribution >= 0.6 is 15.9 Å². The molecule has 1 aromatic carbocycles. The lowest BCUT2D eigenvalue weighted by atomic mass is 10.2. The zero-order valence-electron chi connectivity index (χ0n) is 9.72. The largest absolute Gasteiger partial charge is 0.380 e. The third-order valence-electron chi connectivity index (χ3n) is 2.20. The van der Waals surface area contributed by atoms with E-state index in [0.717, 1.165) is 18.5 Å². The highest BCUT2D eigenvalue weighted by Gasteiger charge is 1.99. The summed E-state index contributed by atoms with van der Waals surface area (Å²) in [5.41, 5.74) is 0.928. The van der Waals surface area contributed by atoms with E-state index in [2.05, 4.69) is 27.8 Å². The van der Waals surface area contributed by atoms with Gasteiger partial charge in [-0.1, -0.05) is 12.1 Å². The van der Waals surface area contributed by atoms with Crippen LogP contribution in [0.4, 0.5) is 4.39 Å². The van der Waals surface area contributed by atoms with Gasteiger partial charge in [-0.05, 0) is 40.0 Å². The van der Waals surface area contributed by atoms with Gasteiger partial charge < -0.3 is 10.1 Å². The molecule has 0 aliphatic heterocycles. The van der Waals surface area contributed by atoms with Crippen molar-refractivity contribution in [2.24, 2.45) is 0 Å². The Morgan fingerprint density at radius 1 is 1.41 bits per heavy atom. The van der Waals surface area contributed by atoms with Crippen molar-refractivity contribution in [3.63, 3.8) is 0 Å². The lowest BCUT2D eigenvalue weighted by Crippen LogP contribution is -2.19. The van der Waals surface area contributed by atoms with Crippen LogP contribution in [-0.2, 0) is 11.3 Å². The topological polar surface area (TPSA) is 21.3 Å². The summed E-state index contributed by atoms with van der Waals surface area (Å²) in [6, 6.07) is 5.13. The molecule has 1 N–H and O–H groups in total. The molecule has 0 spiro atoms. The highest BCUT2D eigenvalue weighted by Crippen LogP contribution is 2.16. The first kappa shape index (κ1) is 14.4. The number of ether oxygens (including phenoxy) is 1. The smallest absolute Gasteiger partial charge is 0.137 e. The Labute approximate surface area is 110 Å². The van der Waals surface area contributed by atoms with Crippen LogP contribution < -0.4 is 5.32 Å². The second-order valence-corrected chi connectivity index (χ2v) is 4.47. The van der Waals surface area contributed by atoms with E-state index in [4.69, 9.17) is 4.74 Å². The predicted octanol–water partition coefficient (Wildman–Crippen LogP) is 3.27. The van der Waals surface area contributed by atoms with E-state index >= 15 is 0 Å². The molecule has 2 nitrogen and oxygen atoms in total. The van der Waals surface area contributed by atoms with Gasteiger partial charge in [0.2, 0.25) is 0 Å². The molecule has 0 saturated heterocycles. The van der Waals surface area contributed by atoms with E-state index in [1.54, 1.807) is 6.07 Å². The number of rotatable bonds is 8.